The van der Waals surface area contributed by atoms with Gasteiger partial charge in [0.15, 0.2) is 0 Å². The molecule has 12 heteroatoms. The second-order valence-corrected chi connectivity index (χ2v) is 8.52. The van der Waals surface area contributed by atoms with Crippen LogP contribution in [0.5, 0.6) is 0 Å². The lowest BCUT2D eigenvalue weighted by molar-refractivity contribution is -0.208. The summed E-state index contributed by atoms with van der Waals surface area (Å²) in [5.74, 6) is -1.05. The number of rotatable bonds is 7. The Hall–Kier alpha value is -2.70. The van der Waals surface area contributed by atoms with E-state index in [-0.39, 0.29) is 23.1 Å². The summed E-state index contributed by atoms with van der Waals surface area (Å²) in [4.78, 5) is 29.5. The Morgan fingerprint density at radius 2 is 1.76 bits per heavy atom. The highest BCUT2D eigenvalue weighted by Gasteiger charge is 2.39. The Morgan fingerprint density at radius 3 is 2.38 bits per heavy atom. The third-order valence-corrected chi connectivity index (χ3v) is 6.01. The standard InChI is InChI=1S/C22H30F3N5O4/c1-14(17-13-34-11-10-30(17)18(31)12-29-8-2-3-9-29)27-20(32)16-6-4-15(5-7-16)19(26)28-21(33)22(23,24)25/h4-7,14,17,21,33H,2-3,8-13H2,1H3,(H2,26,28)(H,27,32)/t14-,17?,21?/m1/s1. The first-order chi connectivity index (χ1) is 16.1. The molecular formula is C22H30F3N5O4. The fraction of sp³-hybridized carbons (Fsp3) is 0.591. The molecule has 0 radical (unpaired) electrons. The summed E-state index contributed by atoms with van der Waals surface area (Å²) in [7, 11) is 0. The first kappa shape index (κ1) is 25.9. The molecule has 2 aliphatic heterocycles. The molecule has 3 rings (SSSR count). The maximum atomic E-state index is 12.9. The molecule has 0 aliphatic carbocycles. The first-order valence-corrected chi connectivity index (χ1v) is 11.2. The van der Waals surface area contributed by atoms with E-state index in [1.54, 1.807) is 17.1 Å². The fourth-order valence-electron chi connectivity index (χ4n) is 4.05. The summed E-state index contributed by atoms with van der Waals surface area (Å²) in [6, 6.07) is 4.65. The van der Waals surface area contributed by atoms with Crippen molar-refractivity contribution in [2.45, 2.75) is 44.3 Å². The summed E-state index contributed by atoms with van der Waals surface area (Å²) in [6.45, 7) is 5.15. The molecule has 2 aliphatic rings. The van der Waals surface area contributed by atoms with E-state index >= 15 is 0 Å². The van der Waals surface area contributed by atoms with Crippen LogP contribution in [0, 0.1) is 5.41 Å². The zero-order valence-electron chi connectivity index (χ0n) is 18.9. The molecule has 9 nitrogen and oxygen atoms in total. The number of amides is 2. The van der Waals surface area contributed by atoms with Gasteiger partial charge in [0, 0.05) is 23.7 Å². The number of carbonyl (C=O) groups excluding carboxylic acids is 2. The highest BCUT2D eigenvalue weighted by Crippen LogP contribution is 2.19. The number of hydrogen-bond donors (Lipinski definition) is 4. The van der Waals surface area contributed by atoms with Gasteiger partial charge in [-0.15, -0.1) is 0 Å². The molecule has 2 amide bonds. The van der Waals surface area contributed by atoms with E-state index in [1.165, 1.54) is 24.3 Å². The van der Waals surface area contributed by atoms with Crippen molar-refractivity contribution in [3.8, 4) is 0 Å². The summed E-state index contributed by atoms with van der Waals surface area (Å²) in [5, 5.41) is 21.2. The normalized spacial score (nSPS) is 21.1. The topological polar surface area (TPSA) is 118 Å². The van der Waals surface area contributed by atoms with Crippen molar-refractivity contribution in [3.63, 3.8) is 0 Å². The van der Waals surface area contributed by atoms with Gasteiger partial charge in [0.1, 0.15) is 5.84 Å². The van der Waals surface area contributed by atoms with Gasteiger partial charge in [-0.05, 0) is 45.0 Å². The number of alkyl halides is 3. The van der Waals surface area contributed by atoms with Crippen molar-refractivity contribution in [1.82, 2.24) is 20.4 Å². The number of nitrogens with one attached hydrogen (secondary N) is 3. The van der Waals surface area contributed by atoms with E-state index in [9.17, 15) is 22.8 Å². The Kier molecular flexibility index (Phi) is 8.50. The number of carbonyl (C=O) groups is 2. The average Bonchev–Trinajstić information content (AvgIpc) is 3.31. The van der Waals surface area contributed by atoms with Crippen LogP contribution in [0.2, 0.25) is 0 Å². The van der Waals surface area contributed by atoms with Crippen LogP contribution in [0.25, 0.3) is 0 Å². The van der Waals surface area contributed by atoms with Gasteiger partial charge in [-0.2, -0.15) is 13.2 Å². The van der Waals surface area contributed by atoms with Gasteiger partial charge >= 0.3 is 6.18 Å². The summed E-state index contributed by atoms with van der Waals surface area (Å²) >= 11 is 0. The molecule has 1 aromatic rings. The third-order valence-electron chi connectivity index (χ3n) is 6.01. The van der Waals surface area contributed by atoms with Gasteiger partial charge in [0.05, 0.1) is 25.8 Å². The number of aliphatic hydroxyl groups is 1. The quantitative estimate of drug-likeness (QED) is 0.259. The Balaban J connectivity index is 1.58. The molecule has 2 fully saturated rings. The predicted molar refractivity (Wildman–Crippen MR) is 117 cm³/mol. The molecule has 1 aromatic carbocycles. The average molecular weight is 486 g/mol. The second kappa shape index (κ2) is 11.2. The Labute approximate surface area is 195 Å². The van der Waals surface area contributed by atoms with Gasteiger partial charge in [-0.3, -0.25) is 19.9 Å². The van der Waals surface area contributed by atoms with Crippen LogP contribution in [0.1, 0.15) is 35.7 Å². The first-order valence-electron chi connectivity index (χ1n) is 11.2. The van der Waals surface area contributed by atoms with E-state index in [0.29, 0.717) is 26.3 Å². The number of nitrogens with zero attached hydrogens (tertiary/aromatic N) is 2. The van der Waals surface area contributed by atoms with E-state index in [0.717, 1.165) is 25.9 Å². The molecule has 4 N–H and O–H groups in total. The Bertz CT molecular complexity index is 874. The van der Waals surface area contributed by atoms with Crippen molar-refractivity contribution >= 4 is 17.6 Å². The van der Waals surface area contributed by atoms with E-state index < -0.39 is 30.2 Å². The van der Waals surface area contributed by atoms with Crippen molar-refractivity contribution in [1.29, 1.82) is 5.41 Å². The second-order valence-electron chi connectivity index (χ2n) is 8.52. The number of halogens is 3. The fourth-order valence-corrected chi connectivity index (χ4v) is 4.05. The van der Waals surface area contributed by atoms with Crippen molar-refractivity contribution < 1.29 is 32.6 Å². The van der Waals surface area contributed by atoms with Crippen LogP contribution in [0.4, 0.5) is 13.2 Å². The SMILES string of the molecule is C[C@@H](NC(=O)c1ccc(C(=N)NC(O)C(F)(F)F)cc1)C1COCCN1C(=O)CN1CCCC1. The molecule has 2 saturated heterocycles. The number of hydrogen-bond acceptors (Lipinski definition) is 6. The molecule has 2 heterocycles. The summed E-state index contributed by atoms with van der Waals surface area (Å²) < 4.78 is 42.9. The molecule has 2 unspecified atom stereocenters. The maximum Gasteiger partial charge on any atom is 0.433 e. The lowest BCUT2D eigenvalue weighted by Gasteiger charge is -2.39. The van der Waals surface area contributed by atoms with Gasteiger partial charge in [-0.1, -0.05) is 12.1 Å². The molecule has 188 valence electrons. The van der Waals surface area contributed by atoms with Gasteiger partial charge in [0.2, 0.25) is 12.1 Å². The summed E-state index contributed by atoms with van der Waals surface area (Å²) in [6.07, 6.45) is -5.60. The molecule has 0 bridgehead atoms. The third kappa shape index (κ3) is 6.67. The van der Waals surface area contributed by atoms with Crippen molar-refractivity contribution in [2.75, 3.05) is 39.4 Å². The van der Waals surface area contributed by atoms with E-state index in [4.69, 9.17) is 15.3 Å². The van der Waals surface area contributed by atoms with Crippen LogP contribution in [-0.4, -0.2) is 96.4 Å². The van der Waals surface area contributed by atoms with Crippen molar-refractivity contribution in [2.24, 2.45) is 0 Å². The number of benzene rings is 1. The minimum atomic E-state index is -4.91. The van der Waals surface area contributed by atoms with Gasteiger partial charge < -0.3 is 25.4 Å². The van der Waals surface area contributed by atoms with Crippen LogP contribution in [0.3, 0.4) is 0 Å². The van der Waals surface area contributed by atoms with Crippen LogP contribution in [-0.2, 0) is 9.53 Å². The zero-order chi connectivity index (χ0) is 24.9. The van der Waals surface area contributed by atoms with Gasteiger partial charge in [-0.25, -0.2) is 0 Å². The van der Waals surface area contributed by atoms with Crippen molar-refractivity contribution in [3.05, 3.63) is 35.4 Å². The molecule has 3 atom stereocenters. The zero-order valence-corrected chi connectivity index (χ0v) is 18.9. The Morgan fingerprint density at radius 1 is 1.15 bits per heavy atom. The molecular weight excluding hydrogens is 455 g/mol. The molecule has 0 aromatic heterocycles. The van der Waals surface area contributed by atoms with Crippen LogP contribution >= 0.6 is 0 Å². The highest BCUT2D eigenvalue weighted by molar-refractivity contribution is 5.99. The number of likely N-dealkylation sites (tertiary alicyclic amines) is 1. The monoisotopic (exact) mass is 485 g/mol. The minimum absolute atomic E-state index is 0.00714. The smallest absolute Gasteiger partial charge is 0.377 e. The maximum absolute atomic E-state index is 12.9. The number of aliphatic hydroxyl groups excluding tert-OH is 1. The van der Waals surface area contributed by atoms with Gasteiger partial charge in [0.25, 0.3) is 5.91 Å². The number of morpholine rings is 1. The molecule has 0 saturated carbocycles. The lowest BCUT2D eigenvalue weighted by Crippen LogP contribution is -2.59. The number of ether oxygens (including phenoxy) is 1. The van der Waals surface area contributed by atoms with E-state index in [1.807, 2.05) is 0 Å². The molecule has 34 heavy (non-hydrogen) atoms. The number of amidine groups is 1. The summed E-state index contributed by atoms with van der Waals surface area (Å²) in [5.41, 5.74) is 0.318. The minimum Gasteiger partial charge on any atom is -0.377 e. The van der Waals surface area contributed by atoms with E-state index in [2.05, 4.69) is 10.2 Å². The van der Waals surface area contributed by atoms with Crippen LogP contribution in [0.15, 0.2) is 24.3 Å². The molecule has 0 spiro atoms. The highest BCUT2D eigenvalue weighted by atomic mass is 19.4. The predicted octanol–water partition coefficient (Wildman–Crippen LogP) is 0.924. The van der Waals surface area contributed by atoms with Crippen LogP contribution < -0.4 is 10.6 Å². The largest absolute Gasteiger partial charge is 0.433 e. The lowest BCUT2D eigenvalue weighted by atomic mass is 10.1.